The Morgan fingerprint density at radius 2 is 1.50 bits per heavy atom. The molecule has 1 radical (unpaired) electrons. The van der Waals surface area contributed by atoms with Gasteiger partial charge in [-0.3, -0.25) is 6.08 Å². The minimum atomic E-state index is -1.73. The van der Waals surface area contributed by atoms with Crippen molar-refractivity contribution >= 4 is 40.2 Å². The van der Waals surface area contributed by atoms with Crippen LogP contribution in [0.15, 0.2) is 48.5 Å². The van der Waals surface area contributed by atoms with Crippen molar-refractivity contribution in [3.63, 3.8) is 0 Å². The summed E-state index contributed by atoms with van der Waals surface area (Å²) in [6.45, 7) is 15.6. The molecule has 0 saturated heterocycles. The van der Waals surface area contributed by atoms with E-state index in [0.29, 0.717) is 17.8 Å². The summed E-state index contributed by atoms with van der Waals surface area (Å²) in [5, 5.41) is 2.72. The van der Waals surface area contributed by atoms with Gasteiger partial charge in [0.15, 0.2) is 0 Å². The van der Waals surface area contributed by atoms with Crippen molar-refractivity contribution in [3.8, 4) is 0 Å². The van der Waals surface area contributed by atoms with Crippen molar-refractivity contribution in [1.29, 1.82) is 0 Å². The second-order valence-electron chi connectivity index (χ2n) is 9.05. The maximum absolute atomic E-state index is 5.45. The van der Waals surface area contributed by atoms with Crippen LogP contribution in [0.25, 0.3) is 16.8 Å². The standard InChI is InChI=1S/C15H19.C12H13.CH3Si.2ClH.Hf/c1-10(2)12-8-9-13(11(3)4)15-7-5-6-14(12)15;1-9(2)12-7-10-5-3-4-6-11(10)8-12;1-2;;;/h6,8-11H,7H2,1-4H3;3-9H,1-2H3;1H3;2*1H;/q2*-1;;;;+2/p-2. The summed E-state index contributed by atoms with van der Waals surface area (Å²) in [7, 11) is 10.9. The van der Waals surface area contributed by atoms with E-state index in [-0.39, 0.29) is 0 Å². The molecule has 4 heteroatoms. The summed E-state index contributed by atoms with van der Waals surface area (Å²) in [6, 6.07) is 17.7. The van der Waals surface area contributed by atoms with Crippen molar-refractivity contribution in [2.24, 2.45) is 0 Å². The van der Waals surface area contributed by atoms with Gasteiger partial charge in [0, 0.05) is 0 Å². The molecule has 0 N–H and O–H groups in total. The first-order valence-electron chi connectivity index (χ1n) is 11.4. The zero-order valence-electron chi connectivity index (χ0n) is 20.4. The van der Waals surface area contributed by atoms with E-state index in [1.165, 1.54) is 38.6 Å². The van der Waals surface area contributed by atoms with E-state index >= 15 is 0 Å². The van der Waals surface area contributed by atoms with Gasteiger partial charge >= 0.3 is 47.6 Å². The topological polar surface area (TPSA) is 0 Å². The number of hydrogen-bond donors (Lipinski definition) is 0. The normalized spacial score (nSPS) is 11.9. The van der Waals surface area contributed by atoms with Crippen LogP contribution >= 0.6 is 17.2 Å². The molecule has 3 aromatic carbocycles. The number of rotatable bonds is 3. The number of allylic oxidation sites excluding steroid dienone is 1. The molecule has 0 unspecified atom stereocenters. The third-order valence-electron chi connectivity index (χ3n) is 5.69. The van der Waals surface area contributed by atoms with Crippen LogP contribution in [0.2, 0.25) is 6.55 Å². The Bertz CT molecular complexity index is 1040. The molecule has 0 heterocycles. The fourth-order valence-electron chi connectivity index (χ4n) is 3.87. The Balaban J connectivity index is 0.000000191. The quantitative estimate of drug-likeness (QED) is 0.196. The summed E-state index contributed by atoms with van der Waals surface area (Å²) in [6.07, 6.45) is 7.39. The van der Waals surface area contributed by atoms with Gasteiger partial charge in [-0.2, -0.15) is 11.6 Å². The van der Waals surface area contributed by atoms with Crippen LogP contribution in [0, 0.1) is 6.08 Å². The predicted molar refractivity (Wildman–Crippen MR) is 143 cm³/mol. The van der Waals surface area contributed by atoms with Crippen LogP contribution in [0.3, 0.4) is 0 Å². The van der Waals surface area contributed by atoms with Gasteiger partial charge in [0.05, 0.1) is 0 Å². The Hall–Kier alpha value is -0.543. The van der Waals surface area contributed by atoms with Crippen LogP contribution in [0.1, 0.15) is 87.1 Å². The molecule has 0 fully saturated rings. The number of halogens is 2. The second-order valence-corrected chi connectivity index (χ2v) is 33.9. The van der Waals surface area contributed by atoms with Crippen molar-refractivity contribution < 1.29 is 17.7 Å². The average molecular weight is 649 g/mol. The molecule has 0 amide bonds. The molecule has 0 saturated carbocycles. The summed E-state index contributed by atoms with van der Waals surface area (Å²) >= 11 is -1.73. The fourth-order valence-corrected chi connectivity index (χ4v) is 3.87. The summed E-state index contributed by atoms with van der Waals surface area (Å²) in [5.41, 5.74) is 7.36. The molecule has 32 heavy (non-hydrogen) atoms. The Morgan fingerprint density at radius 1 is 0.906 bits per heavy atom. The summed E-state index contributed by atoms with van der Waals surface area (Å²) < 4.78 is 0. The van der Waals surface area contributed by atoms with Crippen molar-refractivity contribution in [2.45, 2.75) is 72.3 Å². The molecule has 1 aliphatic carbocycles. The summed E-state index contributed by atoms with van der Waals surface area (Å²) in [4.78, 5) is 0. The van der Waals surface area contributed by atoms with E-state index in [2.05, 4.69) is 109 Å². The Morgan fingerprint density at radius 3 is 2.03 bits per heavy atom. The van der Waals surface area contributed by atoms with Gasteiger partial charge in [0.25, 0.3) is 0 Å². The third kappa shape index (κ3) is 7.76. The molecule has 3 aromatic rings. The zero-order chi connectivity index (χ0) is 23.8. The molecule has 4 rings (SSSR count). The Kier molecular flexibility index (Phi) is 11.6. The van der Waals surface area contributed by atoms with Crippen LogP contribution < -0.4 is 0 Å². The predicted octanol–water partition coefficient (Wildman–Crippen LogP) is 9.57. The SMILES string of the molecule is CC(C)c1cc2ccccc2[cH-]1.CC(C)c1ccc(C(C)C)c2c1C=[C-]C2.C[Si]=[Hf]([Cl])[Cl]. The number of hydrogen-bond acceptors (Lipinski definition) is 0. The van der Waals surface area contributed by atoms with E-state index in [1.807, 2.05) is 0 Å². The zero-order valence-corrected chi connectivity index (χ0v) is 26.5. The molecule has 0 nitrogen and oxygen atoms in total. The second kappa shape index (κ2) is 13.4. The van der Waals surface area contributed by atoms with Gasteiger partial charge < -0.3 is 0 Å². The number of benzene rings is 2. The van der Waals surface area contributed by atoms with E-state index in [1.54, 1.807) is 0 Å². The van der Waals surface area contributed by atoms with Gasteiger partial charge in [-0.15, -0.1) is 58.1 Å². The molecule has 1 aliphatic rings. The first kappa shape index (κ1) is 27.7. The van der Waals surface area contributed by atoms with Crippen LogP contribution in [0.4, 0.5) is 0 Å². The van der Waals surface area contributed by atoms with E-state index in [4.69, 9.17) is 17.2 Å². The average Bonchev–Trinajstić information content (AvgIpc) is 3.40. The first-order chi connectivity index (χ1) is 15.1. The minimum absolute atomic E-state index is 0.608. The molecule has 0 aliphatic heterocycles. The molecule has 0 bridgehead atoms. The monoisotopic (exact) mass is 649 g/mol. The number of fused-ring (bicyclic) bond motifs is 2. The molecule has 0 spiro atoms. The third-order valence-corrected chi connectivity index (χ3v) is 19.4. The van der Waals surface area contributed by atoms with Gasteiger partial charge in [0.2, 0.25) is 0 Å². The van der Waals surface area contributed by atoms with Gasteiger partial charge in [-0.25, -0.2) is 6.08 Å². The molecular weight excluding hydrogens is 614 g/mol. The fraction of sp³-hybridized carbons (Fsp3) is 0.393. The van der Waals surface area contributed by atoms with Crippen LogP contribution in [-0.4, -0.2) is 6.22 Å². The van der Waals surface area contributed by atoms with E-state index in [9.17, 15) is 0 Å². The van der Waals surface area contributed by atoms with E-state index in [0.717, 1.165) is 12.6 Å². The Labute approximate surface area is 211 Å². The summed E-state index contributed by atoms with van der Waals surface area (Å²) in [5.74, 6) is 1.86. The van der Waals surface area contributed by atoms with Crippen molar-refractivity contribution in [2.75, 3.05) is 0 Å². The molecule has 0 aromatic heterocycles. The maximum atomic E-state index is 5.45. The van der Waals surface area contributed by atoms with Crippen molar-refractivity contribution in [3.05, 3.63) is 82.4 Å². The van der Waals surface area contributed by atoms with Gasteiger partial charge in [-0.05, 0) is 17.8 Å². The van der Waals surface area contributed by atoms with E-state index < -0.39 is 17.7 Å². The van der Waals surface area contributed by atoms with Crippen LogP contribution in [0.5, 0.6) is 0 Å². The molecule has 171 valence electrons. The van der Waals surface area contributed by atoms with Gasteiger partial charge in [-0.1, -0.05) is 65.3 Å². The van der Waals surface area contributed by atoms with Crippen molar-refractivity contribution in [1.82, 2.24) is 0 Å². The molecular formula is C28H35Cl2HfSi-2. The van der Waals surface area contributed by atoms with Gasteiger partial charge in [0.1, 0.15) is 0 Å². The van der Waals surface area contributed by atoms with Crippen LogP contribution in [-0.2, 0) is 24.1 Å². The molecule has 0 atom stereocenters. The first-order valence-corrected chi connectivity index (χ1v) is 27.2.